The first-order valence-corrected chi connectivity index (χ1v) is 14.1. The minimum Gasteiger partial charge on any atom is -0.370 e. The van der Waals surface area contributed by atoms with E-state index in [1.807, 2.05) is 24.4 Å². The first-order chi connectivity index (χ1) is 18.5. The molecule has 38 heavy (non-hydrogen) atoms. The highest BCUT2D eigenvalue weighted by Crippen LogP contribution is 2.44. The molecule has 0 spiro atoms. The number of aryl methyl sites for hydroxylation is 1. The third-order valence-electron chi connectivity index (χ3n) is 7.86. The summed E-state index contributed by atoms with van der Waals surface area (Å²) in [5.41, 5.74) is 6.45. The number of anilines is 2. The van der Waals surface area contributed by atoms with Gasteiger partial charge in [-0.2, -0.15) is 0 Å². The number of nitrogens with one attached hydrogen (secondary N) is 1. The molecule has 2 aliphatic rings. The molecule has 4 aromatic rings. The van der Waals surface area contributed by atoms with E-state index in [4.69, 9.17) is 28.8 Å². The number of thiocarbonyl (C=S) groups is 1. The van der Waals surface area contributed by atoms with Crippen molar-refractivity contribution in [2.24, 2.45) is 5.92 Å². The molecular weight excluding hydrogens is 510 g/mol. The third kappa shape index (κ3) is 4.56. The van der Waals surface area contributed by atoms with E-state index in [0.717, 1.165) is 58.2 Å². The molecule has 0 radical (unpaired) electrons. The van der Waals surface area contributed by atoms with Crippen LogP contribution < -0.4 is 15.1 Å². The van der Waals surface area contributed by atoms with Crippen LogP contribution in [0, 0.1) is 12.8 Å². The van der Waals surface area contributed by atoms with E-state index >= 15 is 0 Å². The number of rotatable bonds is 5. The van der Waals surface area contributed by atoms with Crippen molar-refractivity contribution >= 4 is 40.3 Å². The van der Waals surface area contributed by atoms with Crippen molar-refractivity contribution < 1.29 is 0 Å². The highest BCUT2D eigenvalue weighted by atomic mass is 35.5. The van der Waals surface area contributed by atoms with Gasteiger partial charge in [-0.25, -0.2) is 0 Å². The molecule has 0 unspecified atom stereocenters. The topological polar surface area (TPSA) is 36.3 Å². The molecule has 2 atom stereocenters. The molecule has 2 saturated heterocycles. The first-order valence-electron chi connectivity index (χ1n) is 13.3. The van der Waals surface area contributed by atoms with E-state index in [1.165, 1.54) is 12.8 Å². The molecule has 194 valence electrons. The number of benzene rings is 2. The van der Waals surface area contributed by atoms with Gasteiger partial charge in [0.2, 0.25) is 0 Å². The first kappa shape index (κ1) is 25.0. The van der Waals surface area contributed by atoms with Crippen LogP contribution in [-0.2, 0) is 0 Å². The number of aromatic nitrogens is 2. The second-order valence-electron chi connectivity index (χ2n) is 10.4. The van der Waals surface area contributed by atoms with Gasteiger partial charge in [-0.15, -0.1) is 0 Å². The molecule has 0 aliphatic carbocycles. The quantitative estimate of drug-likeness (QED) is 0.269. The van der Waals surface area contributed by atoms with Crippen molar-refractivity contribution in [3.8, 4) is 5.69 Å². The van der Waals surface area contributed by atoms with Gasteiger partial charge in [-0.3, -0.25) is 4.98 Å². The van der Waals surface area contributed by atoms with Gasteiger partial charge in [-0.05, 0) is 92.5 Å². The van der Waals surface area contributed by atoms with Crippen molar-refractivity contribution in [2.75, 3.05) is 22.9 Å². The standard InChI is InChI=1S/C31H32ClN5S/c1-21-15-18-35(19-16-21)27-14-12-24(20-25(27)32)37-30(29(34-31(37)38)26-10-6-7-17-33-26)28-13-11-22(2)36(28)23-8-4-3-5-9-23/h3-14,17,20-21,29-30H,15-16,18-19H2,1-2H3,(H,34,38)/t29-,30-/m1/s1. The zero-order valence-corrected chi connectivity index (χ0v) is 23.3. The van der Waals surface area contributed by atoms with E-state index < -0.39 is 0 Å². The Morgan fingerprint density at radius 3 is 2.39 bits per heavy atom. The molecule has 0 bridgehead atoms. The van der Waals surface area contributed by atoms with Crippen LogP contribution in [0.15, 0.2) is 85.1 Å². The van der Waals surface area contributed by atoms with Crippen LogP contribution in [0.4, 0.5) is 11.4 Å². The SMILES string of the molecule is Cc1ccc([C@@H]2[C@@H](c3ccccn3)NC(=S)N2c2ccc(N3CCC(C)CC3)c(Cl)c2)n1-c1ccccc1. The number of piperidine rings is 1. The Morgan fingerprint density at radius 1 is 0.921 bits per heavy atom. The van der Waals surface area contributed by atoms with Crippen LogP contribution in [0.3, 0.4) is 0 Å². The van der Waals surface area contributed by atoms with Crippen LogP contribution in [0.2, 0.25) is 5.02 Å². The zero-order valence-electron chi connectivity index (χ0n) is 21.7. The minimum absolute atomic E-state index is 0.121. The summed E-state index contributed by atoms with van der Waals surface area (Å²) in [6.45, 7) is 6.55. The molecule has 0 amide bonds. The van der Waals surface area contributed by atoms with Gasteiger partial charge in [-0.1, -0.05) is 42.8 Å². The van der Waals surface area contributed by atoms with E-state index in [0.29, 0.717) is 5.11 Å². The molecule has 1 N–H and O–H groups in total. The predicted octanol–water partition coefficient (Wildman–Crippen LogP) is 7.25. The Hall–Kier alpha value is -3.35. The molecule has 7 heteroatoms. The summed E-state index contributed by atoms with van der Waals surface area (Å²) >= 11 is 12.9. The molecule has 2 aromatic carbocycles. The molecule has 4 heterocycles. The summed E-state index contributed by atoms with van der Waals surface area (Å²) < 4.78 is 2.31. The molecule has 0 saturated carbocycles. The third-order valence-corrected chi connectivity index (χ3v) is 8.47. The van der Waals surface area contributed by atoms with E-state index in [9.17, 15) is 0 Å². The molecule has 2 aliphatic heterocycles. The van der Waals surface area contributed by atoms with Crippen LogP contribution in [0.1, 0.15) is 48.9 Å². The summed E-state index contributed by atoms with van der Waals surface area (Å²) in [7, 11) is 0. The Kier molecular flexibility index (Phi) is 6.85. The average molecular weight is 542 g/mol. The number of nitrogens with zero attached hydrogens (tertiary/aromatic N) is 4. The minimum atomic E-state index is -0.123. The van der Waals surface area contributed by atoms with Gasteiger partial charge in [0, 0.05) is 42.0 Å². The monoisotopic (exact) mass is 541 g/mol. The Morgan fingerprint density at radius 2 is 1.68 bits per heavy atom. The summed E-state index contributed by atoms with van der Waals surface area (Å²) in [6, 6.07) is 27.0. The van der Waals surface area contributed by atoms with Crippen LogP contribution in [-0.4, -0.2) is 27.8 Å². The van der Waals surface area contributed by atoms with Crippen molar-refractivity contribution in [3.63, 3.8) is 0 Å². The number of para-hydroxylation sites is 1. The molecular formula is C31H32ClN5S. The summed E-state index contributed by atoms with van der Waals surface area (Å²) in [5.74, 6) is 0.769. The lowest BCUT2D eigenvalue weighted by Gasteiger charge is -2.34. The Labute approximate surface area is 235 Å². The maximum atomic E-state index is 6.95. The normalized spacial score (nSPS) is 20.1. The lowest BCUT2D eigenvalue weighted by Crippen LogP contribution is -2.33. The van der Waals surface area contributed by atoms with Gasteiger partial charge in [0.25, 0.3) is 0 Å². The second kappa shape index (κ2) is 10.4. The fraction of sp³-hybridized carbons (Fsp3) is 0.290. The molecule has 2 aromatic heterocycles. The number of halogens is 1. The number of hydrogen-bond donors (Lipinski definition) is 1. The highest BCUT2D eigenvalue weighted by molar-refractivity contribution is 7.80. The van der Waals surface area contributed by atoms with Crippen molar-refractivity contribution in [1.29, 1.82) is 0 Å². The Bertz CT molecular complexity index is 1430. The van der Waals surface area contributed by atoms with Gasteiger partial charge >= 0.3 is 0 Å². The predicted molar refractivity (Wildman–Crippen MR) is 161 cm³/mol. The van der Waals surface area contributed by atoms with E-state index in [-0.39, 0.29) is 12.1 Å². The van der Waals surface area contributed by atoms with Crippen LogP contribution in [0.5, 0.6) is 0 Å². The number of pyridine rings is 1. The summed E-state index contributed by atoms with van der Waals surface area (Å²) in [6.07, 6.45) is 4.23. The maximum absolute atomic E-state index is 6.95. The van der Waals surface area contributed by atoms with Gasteiger partial charge in [0.05, 0.1) is 22.4 Å². The maximum Gasteiger partial charge on any atom is 0.174 e. The van der Waals surface area contributed by atoms with Gasteiger partial charge in [0.1, 0.15) is 6.04 Å². The molecule has 2 fully saturated rings. The average Bonchev–Trinajstić information content (AvgIpc) is 3.49. The van der Waals surface area contributed by atoms with Crippen LogP contribution in [0.25, 0.3) is 5.69 Å². The van der Waals surface area contributed by atoms with Crippen LogP contribution >= 0.6 is 23.8 Å². The number of hydrogen-bond acceptors (Lipinski definition) is 3. The summed E-state index contributed by atoms with van der Waals surface area (Å²) in [4.78, 5) is 9.33. The van der Waals surface area contributed by atoms with Gasteiger partial charge in [0.15, 0.2) is 5.11 Å². The fourth-order valence-electron chi connectivity index (χ4n) is 5.80. The fourth-order valence-corrected chi connectivity index (χ4v) is 6.44. The summed E-state index contributed by atoms with van der Waals surface area (Å²) in [5, 5.41) is 5.01. The largest absolute Gasteiger partial charge is 0.370 e. The van der Waals surface area contributed by atoms with Gasteiger partial charge < -0.3 is 19.7 Å². The lowest BCUT2D eigenvalue weighted by atomic mass is 9.98. The van der Waals surface area contributed by atoms with E-state index in [2.05, 4.69) is 94.2 Å². The highest BCUT2D eigenvalue weighted by Gasteiger charge is 2.42. The van der Waals surface area contributed by atoms with Crippen molar-refractivity contribution in [1.82, 2.24) is 14.9 Å². The van der Waals surface area contributed by atoms with Crippen molar-refractivity contribution in [3.05, 3.63) is 107 Å². The second-order valence-corrected chi connectivity index (χ2v) is 11.2. The van der Waals surface area contributed by atoms with E-state index in [1.54, 1.807) is 0 Å². The van der Waals surface area contributed by atoms with Crippen molar-refractivity contribution in [2.45, 2.75) is 38.8 Å². The Balaban J connectivity index is 1.44. The molecule has 5 nitrogen and oxygen atoms in total. The zero-order chi connectivity index (χ0) is 26.2. The molecule has 6 rings (SSSR count). The smallest absolute Gasteiger partial charge is 0.174 e. The lowest BCUT2D eigenvalue weighted by molar-refractivity contribution is 0.438.